The van der Waals surface area contributed by atoms with Gasteiger partial charge in [-0.05, 0) is 24.3 Å². The zero-order chi connectivity index (χ0) is 20.0. The van der Waals surface area contributed by atoms with Crippen LogP contribution in [-0.2, 0) is 6.18 Å². The molecular weight excluding hydrogens is 383 g/mol. The van der Waals surface area contributed by atoms with Crippen molar-refractivity contribution in [1.29, 1.82) is 0 Å². The molecule has 0 aliphatic carbocycles. The molecule has 0 saturated carbocycles. The Balaban J connectivity index is 2.49. The highest BCUT2D eigenvalue weighted by Gasteiger charge is 2.30. The molecule has 0 aliphatic heterocycles. The second-order valence-corrected chi connectivity index (χ2v) is 5.61. The highest BCUT2D eigenvalue weighted by Crippen LogP contribution is 2.34. The fourth-order valence-corrected chi connectivity index (χ4v) is 2.51. The lowest BCUT2D eigenvalue weighted by atomic mass is 10.1. The third-order valence-corrected chi connectivity index (χ3v) is 3.75. The molecule has 9 heteroatoms. The highest BCUT2D eigenvalue weighted by atomic mass is 35.5. The molecule has 0 spiro atoms. The number of rotatable bonds is 6. The van der Waals surface area contributed by atoms with Gasteiger partial charge in [0.15, 0.2) is 0 Å². The lowest BCUT2D eigenvalue weighted by Crippen LogP contribution is -2.16. The van der Waals surface area contributed by atoms with Crippen LogP contribution in [0, 0.1) is 0 Å². The Morgan fingerprint density at radius 3 is 2.41 bits per heavy atom. The smallest absolute Gasteiger partial charge is 0.416 e. The molecule has 2 aromatic rings. The van der Waals surface area contributed by atoms with E-state index in [-0.39, 0.29) is 11.6 Å². The second-order valence-electron chi connectivity index (χ2n) is 5.21. The van der Waals surface area contributed by atoms with E-state index in [2.05, 4.69) is 15.3 Å². The summed E-state index contributed by atoms with van der Waals surface area (Å²) in [5.74, 6) is 0.816. The van der Waals surface area contributed by atoms with E-state index in [0.717, 1.165) is 12.1 Å². The molecule has 0 radical (unpaired) electrons. The van der Waals surface area contributed by atoms with E-state index in [1.807, 2.05) is 0 Å². The number of ether oxygens (including phenoxy) is 2. The van der Waals surface area contributed by atoms with Crippen molar-refractivity contribution in [1.82, 2.24) is 10.3 Å². The van der Waals surface area contributed by atoms with Crippen molar-refractivity contribution < 1.29 is 22.6 Å². The predicted octanol–water partition coefficient (Wildman–Crippen LogP) is 4.43. The van der Waals surface area contributed by atoms with Gasteiger partial charge in [-0.1, -0.05) is 11.6 Å². The number of benzene rings is 1. The van der Waals surface area contributed by atoms with Gasteiger partial charge in [-0.2, -0.15) is 13.2 Å². The summed E-state index contributed by atoms with van der Waals surface area (Å²) in [6.07, 6.45) is 0.0430. The maximum absolute atomic E-state index is 12.7. The Labute approximate surface area is 159 Å². The van der Waals surface area contributed by atoms with Gasteiger partial charge in [0, 0.05) is 32.7 Å². The maximum Gasteiger partial charge on any atom is 0.416 e. The van der Waals surface area contributed by atoms with Crippen LogP contribution in [0.25, 0.3) is 5.57 Å². The van der Waals surface area contributed by atoms with Crippen LogP contribution in [0.4, 0.5) is 13.2 Å². The minimum atomic E-state index is -4.42. The Kier molecular flexibility index (Phi) is 6.68. The molecule has 0 aliphatic rings. The van der Waals surface area contributed by atoms with Gasteiger partial charge >= 0.3 is 6.18 Å². The Morgan fingerprint density at radius 2 is 1.89 bits per heavy atom. The van der Waals surface area contributed by atoms with Crippen LogP contribution in [0.5, 0.6) is 11.5 Å². The van der Waals surface area contributed by atoms with Crippen LogP contribution in [-0.4, -0.2) is 32.4 Å². The van der Waals surface area contributed by atoms with Gasteiger partial charge in [-0.3, -0.25) is 9.98 Å². The summed E-state index contributed by atoms with van der Waals surface area (Å²) < 4.78 is 49.2. The van der Waals surface area contributed by atoms with Gasteiger partial charge in [0.1, 0.15) is 16.5 Å². The minimum Gasteiger partial charge on any atom is -0.494 e. The predicted molar refractivity (Wildman–Crippen MR) is 98.3 cm³/mol. The standard InChI is InChI=1S/C18H17ClF3N3O2/c1-23-8-14(13-9-25-10-15(19)16(13)26-3)17(24-2)27-12-6-4-11(5-7-12)18(20,21)22/h4-10,24H,1-3H3. The molecule has 0 atom stereocenters. The summed E-state index contributed by atoms with van der Waals surface area (Å²) in [5.41, 5.74) is 0.208. The van der Waals surface area contributed by atoms with Crippen LogP contribution >= 0.6 is 11.6 Å². The third-order valence-electron chi connectivity index (χ3n) is 3.48. The first-order valence-corrected chi connectivity index (χ1v) is 8.06. The summed E-state index contributed by atoms with van der Waals surface area (Å²) in [6.45, 7) is 0. The van der Waals surface area contributed by atoms with Gasteiger partial charge in [0.2, 0.25) is 5.88 Å². The molecule has 0 fully saturated rings. The van der Waals surface area contributed by atoms with Crippen molar-refractivity contribution in [2.24, 2.45) is 4.99 Å². The number of aliphatic imine (C=N–C) groups is 1. The number of pyridine rings is 1. The lowest BCUT2D eigenvalue weighted by Gasteiger charge is -2.16. The number of hydrogen-bond acceptors (Lipinski definition) is 5. The fourth-order valence-electron chi connectivity index (χ4n) is 2.27. The number of hydrogen-bond donors (Lipinski definition) is 1. The molecule has 0 unspecified atom stereocenters. The van der Waals surface area contributed by atoms with E-state index in [1.54, 1.807) is 14.1 Å². The Hall–Kier alpha value is -2.74. The molecule has 144 valence electrons. The van der Waals surface area contributed by atoms with Gasteiger partial charge < -0.3 is 14.8 Å². The van der Waals surface area contributed by atoms with Gasteiger partial charge in [-0.15, -0.1) is 0 Å². The molecule has 1 N–H and O–H groups in total. The molecule has 0 saturated heterocycles. The minimum absolute atomic E-state index is 0.211. The van der Waals surface area contributed by atoms with Crippen molar-refractivity contribution in [3.8, 4) is 11.5 Å². The van der Waals surface area contributed by atoms with Crippen LogP contribution in [0.15, 0.2) is 47.5 Å². The van der Waals surface area contributed by atoms with Crippen molar-refractivity contribution in [3.05, 3.63) is 58.7 Å². The number of methoxy groups -OCH3 is 1. The molecule has 1 aromatic heterocycles. The van der Waals surface area contributed by atoms with Crippen LogP contribution in [0.1, 0.15) is 11.1 Å². The number of allylic oxidation sites excluding steroid dienone is 1. The Bertz CT molecular complexity index is 850. The first kappa shape index (κ1) is 20.6. The SMILES string of the molecule is CN=CC(=C(NC)Oc1ccc(C(F)(F)F)cc1)c1cncc(Cl)c1OC. The molecule has 0 amide bonds. The number of alkyl halides is 3. The van der Waals surface area contributed by atoms with E-state index in [1.165, 1.54) is 37.9 Å². The quantitative estimate of drug-likeness (QED) is 0.576. The average molecular weight is 400 g/mol. The summed E-state index contributed by atoms with van der Waals surface area (Å²) >= 11 is 6.12. The number of nitrogens with zero attached hydrogens (tertiary/aromatic N) is 2. The maximum atomic E-state index is 12.7. The Morgan fingerprint density at radius 1 is 1.22 bits per heavy atom. The second kappa shape index (κ2) is 8.77. The molecular formula is C18H17ClF3N3O2. The van der Waals surface area contributed by atoms with Crippen molar-refractivity contribution in [2.75, 3.05) is 21.2 Å². The van der Waals surface area contributed by atoms with Crippen LogP contribution in [0.3, 0.4) is 0 Å². The molecule has 27 heavy (non-hydrogen) atoms. The van der Waals surface area contributed by atoms with Gasteiger partial charge in [0.05, 0.1) is 23.8 Å². The number of halogens is 4. The molecule has 1 aromatic carbocycles. The first-order chi connectivity index (χ1) is 12.8. The molecule has 2 rings (SSSR count). The fraction of sp³-hybridized carbons (Fsp3) is 0.222. The van der Waals surface area contributed by atoms with E-state index < -0.39 is 11.7 Å². The van der Waals surface area contributed by atoms with E-state index in [0.29, 0.717) is 21.9 Å². The van der Waals surface area contributed by atoms with E-state index >= 15 is 0 Å². The average Bonchev–Trinajstić information content (AvgIpc) is 2.64. The topological polar surface area (TPSA) is 55.7 Å². The van der Waals surface area contributed by atoms with Crippen LogP contribution < -0.4 is 14.8 Å². The third kappa shape index (κ3) is 4.91. The summed E-state index contributed by atoms with van der Waals surface area (Å²) in [7, 11) is 4.63. The zero-order valence-electron chi connectivity index (χ0n) is 14.8. The molecule has 0 bridgehead atoms. The van der Waals surface area contributed by atoms with E-state index in [9.17, 15) is 13.2 Å². The lowest BCUT2D eigenvalue weighted by molar-refractivity contribution is -0.137. The normalized spacial score (nSPS) is 12.7. The van der Waals surface area contributed by atoms with Gasteiger partial charge in [0.25, 0.3) is 0 Å². The number of nitrogens with one attached hydrogen (secondary N) is 1. The van der Waals surface area contributed by atoms with Crippen molar-refractivity contribution in [2.45, 2.75) is 6.18 Å². The molecule has 1 heterocycles. The van der Waals surface area contributed by atoms with Crippen molar-refractivity contribution in [3.63, 3.8) is 0 Å². The number of aromatic nitrogens is 1. The highest BCUT2D eigenvalue weighted by molar-refractivity contribution is 6.32. The van der Waals surface area contributed by atoms with Crippen LogP contribution in [0.2, 0.25) is 5.02 Å². The monoisotopic (exact) mass is 399 g/mol. The summed E-state index contributed by atoms with van der Waals surface area (Å²) in [6, 6.07) is 4.35. The zero-order valence-corrected chi connectivity index (χ0v) is 15.5. The van der Waals surface area contributed by atoms with Gasteiger partial charge in [-0.25, -0.2) is 0 Å². The first-order valence-electron chi connectivity index (χ1n) is 7.69. The summed E-state index contributed by atoms with van der Waals surface area (Å²) in [5, 5.41) is 3.16. The van der Waals surface area contributed by atoms with Crippen molar-refractivity contribution >= 4 is 23.4 Å². The summed E-state index contributed by atoms with van der Waals surface area (Å²) in [4.78, 5) is 8.04. The largest absolute Gasteiger partial charge is 0.494 e. The molecule has 5 nitrogen and oxygen atoms in total. The van der Waals surface area contributed by atoms with E-state index in [4.69, 9.17) is 21.1 Å².